The summed E-state index contributed by atoms with van der Waals surface area (Å²) < 4.78 is 11.5. The molecule has 0 radical (unpaired) electrons. The quantitative estimate of drug-likeness (QED) is 0.665. The van der Waals surface area contributed by atoms with Crippen LogP contribution in [0.2, 0.25) is 0 Å². The average Bonchev–Trinajstić information content (AvgIpc) is 2.34. The monoisotopic (exact) mass is 282 g/mol. The van der Waals surface area contributed by atoms with E-state index in [0.717, 1.165) is 21.2 Å². The van der Waals surface area contributed by atoms with Crippen molar-refractivity contribution in [2.45, 2.75) is 9.60 Å². The number of hydrogen-bond donors (Lipinski definition) is 0. The summed E-state index contributed by atoms with van der Waals surface area (Å²) in [7, 11) is -1.28. The highest BCUT2D eigenvalue weighted by atomic mass is 35.5. The molecule has 0 N–H and O–H groups in total. The number of alkyl halides is 1. The highest BCUT2D eigenvalue weighted by molar-refractivity contribution is 7.87. The van der Waals surface area contributed by atoms with Crippen molar-refractivity contribution in [1.29, 1.82) is 0 Å². The topological polar surface area (TPSA) is 17.1 Å². The van der Waals surface area contributed by atoms with Crippen LogP contribution in [0.4, 0.5) is 0 Å². The van der Waals surface area contributed by atoms with Crippen molar-refractivity contribution in [1.82, 2.24) is 0 Å². The van der Waals surface area contributed by atoms with E-state index in [1.807, 2.05) is 36.4 Å². The Kier molecular flexibility index (Phi) is 2.74. The molecule has 0 amide bonds. The maximum Gasteiger partial charge on any atom is 0.149 e. The van der Waals surface area contributed by atoms with E-state index in [1.54, 1.807) is 6.08 Å². The number of fused-ring (bicyclic) bond motifs is 2. The lowest BCUT2D eigenvalue weighted by Gasteiger charge is -2.17. The van der Waals surface area contributed by atoms with Crippen LogP contribution in [0, 0.1) is 0 Å². The van der Waals surface area contributed by atoms with Crippen LogP contribution in [0.25, 0.3) is 16.8 Å². The zero-order valence-corrected chi connectivity index (χ0v) is 11.0. The highest BCUT2D eigenvalue weighted by Gasteiger charge is 2.26. The van der Waals surface area contributed by atoms with E-state index < -0.39 is 15.5 Å². The average molecular weight is 283 g/mol. The van der Waals surface area contributed by atoms with Gasteiger partial charge in [0.1, 0.15) is 4.71 Å². The molecule has 1 heterocycles. The van der Waals surface area contributed by atoms with Crippen LogP contribution in [-0.4, -0.2) is 8.92 Å². The third kappa shape index (κ3) is 1.81. The molecule has 0 saturated heterocycles. The van der Waals surface area contributed by atoms with Gasteiger partial charge >= 0.3 is 0 Å². The smallest absolute Gasteiger partial charge is 0.149 e. The molecule has 2 atom stereocenters. The summed E-state index contributed by atoms with van der Waals surface area (Å²) in [4.78, 5) is 0.758. The number of benzene rings is 2. The fraction of sp³-hybridized carbons (Fsp3) is 0.0769. The van der Waals surface area contributed by atoms with Crippen LogP contribution in [0.3, 0.4) is 0 Å². The first-order valence-corrected chi connectivity index (χ1v) is 7.14. The van der Waals surface area contributed by atoms with Gasteiger partial charge in [0.15, 0.2) is 0 Å². The van der Waals surface area contributed by atoms with Crippen LogP contribution < -0.4 is 0 Å². The summed E-state index contributed by atoms with van der Waals surface area (Å²) in [6, 6.07) is 11.9. The van der Waals surface area contributed by atoms with Crippen LogP contribution in [0.15, 0.2) is 46.3 Å². The molecule has 0 aromatic heterocycles. The minimum absolute atomic E-state index is 0.438. The van der Waals surface area contributed by atoms with E-state index in [2.05, 4.69) is 0 Å². The maximum absolute atomic E-state index is 12.1. The van der Waals surface area contributed by atoms with Crippen molar-refractivity contribution < 1.29 is 4.21 Å². The predicted molar refractivity (Wildman–Crippen MR) is 73.8 cm³/mol. The second-order valence-electron chi connectivity index (χ2n) is 3.88. The van der Waals surface area contributed by atoms with Gasteiger partial charge in [0, 0.05) is 9.93 Å². The molecule has 2 unspecified atom stereocenters. The zero-order chi connectivity index (χ0) is 12.0. The van der Waals surface area contributed by atoms with Crippen molar-refractivity contribution in [2.75, 3.05) is 0 Å². The van der Waals surface area contributed by atoms with Crippen LogP contribution in [0.5, 0.6) is 0 Å². The molecule has 0 bridgehead atoms. The first-order valence-electron chi connectivity index (χ1n) is 5.11. The first-order chi connectivity index (χ1) is 8.16. The van der Waals surface area contributed by atoms with Gasteiger partial charge in [-0.05, 0) is 34.5 Å². The third-order valence-electron chi connectivity index (χ3n) is 2.79. The SMILES string of the molecule is O=S1c2cc3ccccc3cc2C=C(Cl)C1Cl. The fourth-order valence-electron chi connectivity index (χ4n) is 1.95. The minimum atomic E-state index is -1.28. The van der Waals surface area contributed by atoms with Gasteiger partial charge in [0.05, 0.1) is 10.8 Å². The largest absolute Gasteiger partial charge is 0.252 e. The first kappa shape index (κ1) is 11.3. The molecule has 0 saturated carbocycles. The van der Waals surface area contributed by atoms with Gasteiger partial charge in [0.2, 0.25) is 0 Å². The van der Waals surface area contributed by atoms with Gasteiger partial charge < -0.3 is 0 Å². The van der Waals surface area contributed by atoms with Crippen molar-refractivity contribution in [2.24, 2.45) is 0 Å². The molecule has 1 aliphatic rings. The van der Waals surface area contributed by atoms with E-state index in [-0.39, 0.29) is 0 Å². The maximum atomic E-state index is 12.1. The van der Waals surface area contributed by atoms with E-state index in [4.69, 9.17) is 23.2 Å². The van der Waals surface area contributed by atoms with E-state index >= 15 is 0 Å². The molecule has 1 aliphatic heterocycles. The summed E-state index contributed by atoms with van der Waals surface area (Å²) in [6.07, 6.45) is 1.79. The highest BCUT2D eigenvalue weighted by Crippen LogP contribution is 2.35. The Balaban J connectivity index is 2.34. The summed E-state index contributed by atoms with van der Waals surface area (Å²) in [5.41, 5.74) is 0.893. The van der Waals surface area contributed by atoms with Gasteiger partial charge in [-0.15, -0.1) is 11.6 Å². The lowest BCUT2D eigenvalue weighted by molar-refractivity contribution is 0.683. The summed E-state index contributed by atoms with van der Waals surface area (Å²) in [6.45, 7) is 0. The molecule has 0 aliphatic carbocycles. The lowest BCUT2D eigenvalue weighted by atomic mass is 10.1. The molecule has 3 rings (SSSR count). The Hall–Kier alpha value is -0.830. The van der Waals surface area contributed by atoms with Crippen molar-refractivity contribution in [3.05, 3.63) is 47.0 Å². The number of halogens is 2. The Bertz CT molecular complexity index is 664. The van der Waals surface area contributed by atoms with Gasteiger partial charge in [-0.25, -0.2) is 0 Å². The molecule has 17 heavy (non-hydrogen) atoms. The van der Waals surface area contributed by atoms with E-state index in [9.17, 15) is 4.21 Å². The Labute approximate surface area is 111 Å². The minimum Gasteiger partial charge on any atom is -0.252 e. The zero-order valence-electron chi connectivity index (χ0n) is 8.69. The molecule has 1 nitrogen and oxygen atoms in total. The summed E-state index contributed by atoms with van der Waals surface area (Å²) >= 11 is 12.0. The van der Waals surface area contributed by atoms with Crippen molar-refractivity contribution in [3.63, 3.8) is 0 Å². The molecule has 2 aromatic carbocycles. The standard InChI is InChI=1S/C13H8Cl2OS/c14-11-6-10-5-8-3-1-2-4-9(8)7-12(10)17(16)13(11)15/h1-7,13H. The van der Waals surface area contributed by atoms with Gasteiger partial charge in [0.25, 0.3) is 0 Å². The third-order valence-corrected chi connectivity index (χ3v) is 5.50. The normalized spacial score (nSPS) is 23.3. The Morgan fingerprint density at radius 3 is 2.47 bits per heavy atom. The molecular formula is C13H8Cl2OS. The van der Waals surface area contributed by atoms with Crippen LogP contribution >= 0.6 is 23.2 Å². The molecule has 86 valence electrons. The lowest BCUT2D eigenvalue weighted by Crippen LogP contribution is -2.13. The van der Waals surface area contributed by atoms with Gasteiger partial charge in [-0.1, -0.05) is 35.9 Å². The Morgan fingerprint density at radius 1 is 1.12 bits per heavy atom. The van der Waals surface area contributed by atoms with Crippen LogP contribution in [0.1, 0.15) is 5.56 Å². The van der Waals surface area contributed by atoms with Crippen molar-refractivity contribution >= 4 is 50.8 Å². The van der Waals surface area contributed by atoms with Crippen molar-refractivity contribution in [3.8, 4) is 0 Å². The molecule has 0 spiro atoms. The van der Waals surface area contributed by atoms with E-state index in [0.29, 0.717) is 5.03 Å². The molecular weight excluding hydrogens is 275 g/mol. The van der Waals surface area contributed by atoms with Gasteiger partial charge in [-0.2, -0.15) is 0 Å². The Morgan fingerprint density at radius 2 is 1.76 bits per heavy atom. The molecule has 4 heteroatoms. The second-order valence-corrected chi connectivity index (χ2v) is 6.52. The number of hydrogen-bond acceptors (Lipinski definition) is 1. The molecule has 2 aromatic rings. The second kappa shape index (κ2) is 4.13. The number of rotatable bonds is 0. The van der Waals surface area contributed by atoms with Gasteiger partial charge in [-0.3, -0.25) is 4.21 Å². The summed E-state index contributed by atoms with van der Waals surface area (Å²) in [5.74, 6) is 0. The molecule has 0 fully saturated rings. The fourth-order valence-corrected chi connectivity index (χ4v) is 3.75. The van der Waals surface area contributed by atoms with E-state index in [1.165, 1.54) is 0 Å². The van der Waals surface area contributed by atoms with Crippen LogP contribution in [-0.2, 0) is 10.8 Å². The summed E-state index contributed by atoms with van der Waals surface area (Å²) in [5, 5.41) is 2.61. The predicted octanol–water partition coefficient (Wildman–Crippen LogP) is 4.11.